The van der Waals surface area contributed by atoms with E-state index in [4.69, 9.17) is 0 Å². The molecule has 0 heteroatoms. The number of fused-ring (bicyclic) bond motifs is 49. The summed E-state index contributed by atoms with van der Waals surface area (Å²) < 4.78 is 0. The lowest BCUT2D eigenvalue weighted by Crippen LogP contribution is -2.31. The Balaban J connectivity index is 0.0000000827. The van der Waals surface area contributed by atoms with Gasteiger partial charge in [0.1, 0.15) is 0 Å². The van der Waals surface area contributed by atoms with Crippen molar-refractivity contribution in [3.05, 3.63) is 0 Å². The van der Waals surface area contributed by atoms with Crippen LogP contribution in [0.25, 0.3) is 0 Å². The lowest BCUT2D eigenvalue weighted by Gasteiger charge is -2.40. The summed E-state index contributed by atoms with van der Waals surface area (Å²) >= 11 is 0. The molecule has 99 heavy (non-hydrogen) atoms. The minimum atomic E-state index is 1.11. The van der Waals surface area contributed by atoms with E-state index in [9.17, 15) is 0 Å². The summed E-state index contributed by atoms with van der Waals surface area (Å²) in [7, 11) is 0. The minimum Gasteiger partial charge on any atom is -0.0530 e. The Morgan fingerprint density at radius 1 is 0.0909 bits per heavy atom. The predicted molar refractivity (Wildman–Crippen MR) is 421 cm³/mol. The Kier molecular flexibility index (Phi) is 25.2. The van der Waals surface area contributed by atoms with Crippen LogP contribution in [0.2, 0.25) is 0 Å². The number of hydrogen-bond donors (Lipinski definition) is 0. The molecule has 0 N–H and O–H groups in total. The average Bonchev–Trinajstić information content (AvgIpc) is 1.48. The van der Waals surface area contributed by atoms with Gasteiger partial charge in [0, 0.05) is 0 Å². The first-order valence-corrected chi connectivity index (χ1v) is 49.0. The molecule has 30 saturated carbocycles. The molecule has 18 atom stereocenters. The standard InChI is InChI=1S/C12H18.C12H22.2C11H20.C10H16.2C10H18.C9H14.C8H12.C6H8/c1-2-8-5-7(1)11-9-3-4-10(6-9)12(8)11;1-2-6-12-9-3-7-11(5-1)8-4-10-12;1-4-10-6-2-7-11(5-1)9-3-8-10;1-2-5-11-7-3-6-10(4-1)8-9-11;1-2-9-7-4-5-8(6-7)10(9)3-1;1-3-9-5-2-6-10(4-1)8-7-9;1-2-4-10-7-5-9(3-1)6-8-10;1-2-7-5-6(1)8-3-4-9(7)8;1-2-6-3-5(1)7-4-8(6)7;1-2-4-5-3(1)6(4)5/h7-12H,1-6H2;11-12H,1-10H2;2*10-11H,1-9H2;7-10H,1-6H2;2*9-10H,1-8H2;6-9H,1-5H2;5-8H,1-4H2;3-6H,1-2H2. The molecule has 562 valence electrons. The second kappa shape index (κ2) is 34.7. The first-order valence-electron chi connectivity index (χ1n) is 49.0. The van der Waals surface area contributed by atoms with Crippen LogP contribution in [0.3, 0.4) is 0 Å². The van der Waals surface area contributed by atoms with Gasteiger partial charge < -0.3 is 0 Å². The van der Waals surface area contributed by atoms with Crippen LogP contribution in [-0.2, 0) is 0 Å². The van der Waals surface area contributed by atoms with E-state index < -0.39 is 0 Å². The largest absolute Gasteiger partial charge is 0.0530 e. The molecule has 0 heterocycles. The van der Waals surface area contributed by atoms with Crippen molar-refractivity contribution in [3.8, 4) is 0 Å². The van der Waals surface area contributed by atoms with E-state index in [1.165, 1.54) is 220 Å². The number of hydrogen-bond acceptors (Lipinski definition) is 0. The first kappa shape index (κ1) is 71.9. The summed E-state index contributed by atoms with van der Waals surface area (Å²) in [4.78, 5) is 0. The van der Waals surface area contributed by atoms with E-state index in [2.05, 4.69) is 0 Å². The molecule has 30 aliphatic carbocycles. The van der Waals surface area contributed by atoms with Gasteiger partial charge in [-0.1, -0.05) is 289 Å². The fourth-order valence-electron chi connectivity index (χ4n) is 33.1. The maximum Gasteiger partial charge on any atom is -0.0318 e. The molecule has 22 bridgehead atoms. The van der Waals surface area contributed by atoms with Crippen molar-refractivity contribution < 1.29 is 0 Å². The summed E-state index contributed by atoms with van der Waals surface area (Å²) in [5.74, 6) is 38.3. The summed E-state index contributed by atoms with van der Waals surface area (Å²) in [6.07, 6.45) is 105. The third-order valence-electron chi connectivity index (χ3n) is 38.9. The van der Waals surface area contributed by atoms with Gasteiger partial charge in [-0.15, -0.1) is 0 Å². The molecule has 0 aromatic rings. The third-order valence-corrected chi connectivity index (χ3v) is 38.9. The van der Waals surface area contributed by atoms with Crippen molar-refractivity contribution >= 4 is 0 Å². The minimum absolute atomic E-state index is 1.11. The van der Waals surface area contributed by atoms with Crippen LogP contribution in [0.5, 0.6) is 0 Å². The number of rotatable bonds is 0. The van der Waals surface area contributed by atoms with Crippen LogP contribution in [0.4, 0.5) is 0 Å². The molecule has 18 unspecified atom stereocenters. The molecule has 30 fully saturated rings. The second-order valence-electron chi connectivity index (χ2n) is 43.9. The Morgan fingerprint density at radius 2 is 0.263 bits per heavy atom. The molecule has 0 radical (unpaired) electrons. The molecular weight excluding hydrogens is 1190 g/mol. The maximum atomic E-state index is 1.64. The molecule has 0 spiro atoms. The van der Waals surface area contributed by atoms with Gasteiger partial charge in [-0.25, -0.2) is 0 Å². The van der Waals surface area contributed by atoms with Crippen LogP contribution in [0, 0.1) is 189 Å². The monoisotopic (exact) mass is 1360 g/mol. The Morgan fingerprint density at radius 3 is 0.475 bits per heavy atom. The molecular formula is C99H166. The fraction of sp³-hybridized carbons (Fsp3) is 1.00. The molecule has 0 aliphatic heterocycles. The zero-order valence-electron chi connectivity index (χ0n) is 65.9. The molecule has 30 rings (SSSR count). The van der Waals surface area contributed by atoms with Crippen molar-refractivity contribution in [3.63, 3.8) is 0 Å². The molecule has 0 aromatic carbocycles. The molecule has 0 saturated heterocycles. The van der Waals surface area contributed by atoms with Crippen LogP contribution < -0.4 is 0 Å². The highest BCUT2D eigenvalue weighted by molar-refractivity contribution is 5.24. The lowest BCUT2D eigenvalue weighted by atomic mass is 9.66. The summed E-state index contributed by atoms with van der Waals surface area (Å²) in [5.41, 5.74) is 0. The molecule has 0 aromatic heterocycles. The van der Waals surface area contributed by atoms with Crippen molar-refractivity contribution in [2.75, 3.05) is 0 Å². The summed E-state index contributed by atoms with van der Waals surface area (Å²) in [6.45, 7) is 0. The summed E-state index contributed by atoms with van der Waals surface area (Å²) in [5, 5.41) is 0. The highest BCUT2D eigenvalue weighted by atomic mass is 14.8. The predicted octanol–water partition coefficient (Wildman–Crippen LogP) is 30.1. The van der Waals surface area contributed by atoms with Crippen molar-refractivity contribution in [2.45, 2.75) is 430 Å². The highest BCUT2D eigenvalue weighted by Crippen LogP contribution is 2.81. The molecule has 30 aliphatic rings. The van der Waals surface area contributed by atoms with Crippen LogP contribution in [0.1, 0.15) is 430 Å². The summed E-state index contributed by atoms with van der Waals surface area (Å²) in [6, 6.07) is 0. The zero-order chi connectivity index (χ0) is 65.9. The van der Waals surface area contributed by atoms with E-state index in [1.807, 2.05) is 0 Å². The first-order chi connectivity index (χ1) is 49.0. The highest BCUT2D eigenvalue weighted by Gasteiger charge is 2.76. The van der Waals surface area contributed by atoms with Gasteiger partial charge in [-0.05, 0) is 331 Å². The third kappa shape index (κ3) is 18.0. The quantitative estimate of drug-likeness (QED) is 0.212. The van der Waals surface area contributed by atoms with Crippen LogP contribution in [0.15, 0.2) is 0 Å². The molecule has 0 amide bonds. The van der Waals surface area contributed by atoms with E-state index in [0.717, 1.165) is 59.2 Å². The maximum absolute atomic E-state index is 1.64. The van der Waals surface area contributed by atoms with Gasteiger partial charge in [0.05, 0.1) is 0 Å². The zero-order valence-corrected chi connectivity index (χ0v) is 65.9. The van der Waals surface area contributed by atoms with Gasteiger partial charge in [0.15, 0.2) is 0 Å². The van der Waals surface area contributed by atoms with Gasteiger partial charge in [-0.3, -0.25) is 0 Å². The van der Waals surface area contributed by atoms with E-state index in [-0.39, 0.29) is 0 Å². The van der Waals surface area contributed by atoms with Crippen molar-refractivity contribution in [2.24, 2.45) is 189 Å². The Labute approximate surface area is 615 Å². The van der Waals surface area contributed by atoms with Gasteiger partial charge in [-0.2, -0.15) is 0 Å². The molecule has 0 nitrogen and oxygen atoms in total. The Bertz CT molecular complexity index is 2120. The van der Waals surface area contributed by atoms with E-state index in [1.54, 1.807) is 340 Å². The van der Waals surface area contributed by atoms with Gasteiger partial charge in [0.2, 0.25) is 0 Å². The average molecular weight is 1360 g/mol. The van der Waals surface area contributed by atoms with E-state index >= 15 is 0 Å². The normalized spacial score (nSPS) is 51.2. The topological polar surface area (TPSA) is 0 Å². The van der Waals surface area contributed by atoms with Crippen LogP contribution in [-0.4, -0.2) is 0 Å². The smallest absolute Gasteiger partial charge is 0.0318 e. The SMILES string of the molecule is C1CC2C3C1C23.C1CC2C3CCC(C3)C2C1.C1CC2CC1C1C3CCC(C3)C21.C1CC2CC1C1CC21.C1CC2CC1C1CCC21.C1CC2CCCC(C1)CC2.C1CC2CCCC(C1)CCC2.C1CCC2CCC(C1)CC2.C1CCC2CCCC(C1)CC2.C1CCC2CCCC(C1)CCC2. The van der Waals surface area contributed by atoms with Crippen molar-refractivity contribution in [1.29, 1.82) is 0 Å². The van der Waals surface area contributed by atoms with Crippen molar-refractivity contribution in [1.82, 2.24) is 0 Å². The fourth-order valence-corrected chi connectivity index (χ4v) is 33.1. The van der Waals surface area contributed by atoms with E-state index in [0.29, 0.717) is 0 Å². The van der Waals surface area contributed by atoms with Gasteiger partial charge >= 0.3 is 0 Å². The Hall–Kier alpha value is 0. The van der Waals surface area contributed by atoms with Crippen LogP contribution >= 0.6 is 0 Å². The van der Waals surface area contributed by atoms with Gasteiger partial charge in [0.25, 0.3) is 0 Å². The lowest BCUT2D eigenvalue weighted by molar-refractivity contribution is 0.103. The second-order valence-corrected chi connectivity index (χ2v) is 43.9.